The molecule has 0 aliphatic carbocycles. The Morgan fingerprint density at radius 2 is 1.95 bits per heavy atom. The zero-order valence-corrected chi connectivity index (χ0v) is 13.3. The van der Waals surface area contributed by atoms with E-state index in [1.807, 2.05) is 0 Å². The van der Waals surface area contributed by atoms with Gasteiger partial charge in [-0.25, -0.2) is 9.59 Å². The molecule has 114 valence electrons. The topological polar surface area (TPSA) is 70.1 Å². The first-order chi connectivity index (χ1) is 10.0. The third-order valence-electron chi connectivity index (χ3n) is 3.34. The molecule has 1 amide bonds. The number of hydrogen-bond acceptors (Lipinski definition) is 4. The highest BCUT2D eigenvalue weighted by molar-refractivity contribution is 9.10. The number of nitrogens with zero attached hydrogens (tertiary/aromatic N) is 2. The largest absolute Gasteiger partial charge is 0.478 e. The number of halogens is 1. The maximum Gasteiger partial charge on any atom is 0.409 e. The van der Waals surface area contributed by atoms with Gasteiger partial charge in [0.2, 0.25) is 0 Å². The molecule has 1 aliphatic heterocycles. The van der Waals surface area contributed by atoms with Gasteiger partial charge in [-0.05, 0) is 41.1 Å². The number of rotatable bonds is 3. The molecule has 0 spiro atoms. The van der Waals surface area contributed by atoms with Crippen molar-refractivity contribution in [1.82, 2.24) is 4.90 Å². The number of piperazine rings is 1. The Hall–Kier alpha value is -1.76. The zero-order valence-electron chi connectivity index (χ0n) is 11.7. The van der Waals surface area contributed by atoms with Gasteiger partial charge in [0.05, 0.1) is 17.9 Å². The molecule has 2 rings (SSSR count). The maximum atomic E-state index is 11.6. The normalized spacial score (nSPS) is 15.0. The summed E-state index contributed by atoms with van der Waals surface area (Å²) in [4.78, 5) is 26.4. The summed E-state index contributed by atoms with van der Waals surface area (Å²) in [5.41, 5.74) is 1.18. The fourth-order valence-corrected chi connectivity index (χ4v) is 2.87. The Bertz CT molecular complexity index is 542. The van der Waals surface area contributed by atoms with Crippen molar-refractivity contribution in [3.8, 4) is 0 Å². The highest BCUT2D eigenvalue weighted by Crippen LogP contribution is 2.28. The van der Waals surface area contributed by atoms with Gasteiger partial charge in [0.25, 0.3) is 0 Å². The predicted molar refractivity (Wildman–Crippen MR) is 81.9 cm³/mol. The zero-order chi connectivity index (χ0) is 15.4. The van der Waals surface area contributed by atoms with Crippen LogP contribution in [0.4, 0.5) is 10.5 Å². The van der Waals surface area contributed by atoms with Crippen molar-refractivity contribution < 1.29 is 19.4 Å². The Balaban J connectivity index is 2.02. The lowest BCUT2D eigenvalue weighted by Gasteiger charge is -2.35. The number of aromatic carboxylic acids is 1. The first kappa shape index (κ1) is 15.6. The summed E-state index contributed by atoms with van der Waals surface area (Å²) in [6.45, 7) is 4.71. The van der Waals surface area contributed by atoms with Crippen LogP contribution in [-0.4, -0.2) is 54.9 Å². The summed E-state index contributed by atoms with van der Waals surface area (Å²) in [5.74, 6) is -0.950. The minimum Gasteiger partial charge on any atom is -0.478 e. The van der Waals surface area contributed by atoms with Crippen LogP contribution in [0.3, 0.4) is 0 Å². The fourth-order valence-electron chi connectivity index (χ4n) is 2.24. The van der Waals surface area contributed by atoms with Crippen LogP contribution in [0.5, 0.6) is 0 Å². The summed E-state index contributed by atoms with van der Waals surface area (Å²) in [6.07, 6.45) is -0.280. The van der Waals surface area contributed by atoms with Gasteiger partial charge in [0.15, 0.2) is 0 Å². The van der Waals surface area contributed by atoms with Gasteiger partial charge in [-0.2, -0.15) is 0 Å². The Kier molecular flexibility index (Phi) is 5.06. The number of hydrogen-bond donors (Lipinski definition) is 1. The second-order valence-corrected chi connectivity index (χ2v) is 5.50. The Labute approximate surface area is 131 Å². The molecule has 6 nitrogen and oxygen atoms in total. The van der Waals surface area contributed by atoms with Crippen molar-refractivity contribution in [2.24, 2.45) is 0 Å². The van der Waals surface area contributed by atoms with Gasteiger partial charge >= 0.3 is 12.1 Å². The fraction of sp³-hybridized carbons (Fsp3) is 0.429. The first-order valence-electron chi connectivity index (χ1n) is 6.72. The molecular formula is C14H17BrN2O4. The van der Waals surface area contributed by atoms with Gasteiger partial charge in [-0.1, -0.05) is 0 Å². The molecule has 0 radical (unpaired) electrons. The van der Waals surface area contributed by atoms with Crippen LogP contribution in [0.1, 0.15) is 17.3 Å². The predicted octanol–water partition coefficient (Wildman–Crippen LogP) is 2.43. The Morgan fingerprint density at radius 1 is 1.29 bits per heavy atom. The summed E-state index contributed by atoms with van der Waals surface area (Å²) in [5, 5.41) is 8.96. The molecule has 1 aromatic carbocycles. The van der Waals surface area contributed by atoms with E-state index in [-0.39, 0.29) is 11.7 Å². The Morgan fingerprint density at radius 3 is 2.48 bits per heavy atom. The van der Waals surface area contributed by atoms with E-state index in [0.717, 1.165) is 10.2 Å². The lowest BCUT2D eigenvalue weighted by molar-refractivity contribution is 0.0696. The second kappa shape index (κ2) is 6.80. The SMILES string of the molecule is CCOC(=O)N1CCN(c2ccc(C(=O)O)cc2Br)CC1. The molecule has 1 aromatic rings. The van der Waals surface area contributed by atoms with Crippen molar-refractivity contribution in [1.29, 1.82) is 0 Å². The van der Waals surface area contributed by atoms with E-state index in [1.165, 1.54) is 0 Å². The molecule has 1 saturated heterocycles. The van der Waals surface area contributed by atoms with E-state index in [2.05, 4.69) is 20.8 Å². The molecule has 0 saturated carbocycles. The van der Waals surface area contributed by atoms with E-state index in [4.69, 9.17) is 9.84 Å². The van der Waals surface area contributed by atoms with Crippen molar-refractivity contribution in [2.75, 3.05) is 37.7 Å². The summed E-state index contributed by atoms with van der Waals surface area (Å²) < 4.78 is 5.72. The van der Waals surface area contributed by atoms with Gasteiger partial charge in [-0.3, -0.25) is 0 Å². The van der Waals surface area contributed by atoms with Gasteiger partial charge in [0.1, 0.15) is 0 Å². The molecule has 7 heteroatoms. The monoisotopic (exact) mass is 356 g/mol. The van der Waals surface area contributed by atoms with Crippen molar-refractivity contribution in [3.63, 3.8) is 0 Å². The number of anilines is 1. The van der Waals surface area contributed by atoms with Crippen LogP contribution in [0.2, 0.25) is 0 Å². The highest BCUT2D eigenvalue weighted by atomic mass is 79.9. The van der Waals surface area contributed by atoms with Gasteiger partial charge in [-0.15, -0.1) is 0 Å². The molecule has 1 fully saturated rings. The average molecular weight is 357 g/mol. The number of carboxylic acids is 1. The van der Waals surface area contributed by atoms with Gasteiger partial charge in [0, 0.05) is 30.7 Å². The van der Waals surface area contributed by atoms with E-state index in [9.17, 15) is 9.59 Å². The molecule has 0 unspecified atom stereocenters. The van der Waals surface area contributed by atoms with Gasteiger partial charge < -0.3 is 19.6 Å². The lowest BCUT2D eigenvalue weighted by Crippen LogP contribution is -2.49. The van der Waals surface area contributed by atoms with Crippen LogP contribution >= 0.6 is 15.9 Å². The van der Waals surface area contributed by atoms with E-state index < -0.39 is 5.97 Å². The summed E-state index contributed by atoms with van der Waals surface area (Å²) in [7, 11) is 0. The van der Waals surface area contributed by atoms with Crippen molar-refractivity contribution >= 4 is 33.7 Å². The minimum atomic E-state index is -0.950. The number of benzene rings is 1. The van der Waals surface area contributed by atoms with Crippen LogP contribution in [0, 0.1) is 0 Å². The molecule has 0 aromatic heterocycles. The lowest BCUT2D eigenvalue weighted by atomic mass is 10.2. The molecule has 1 heterocycles. The van der Waals surface area contributed by atoms with Crippen LogP contribution < -0.4 is 4.90 Å². The number of carbonyl (C=O) groups is 2. The smallest absolute Gasteiger partial charge is 0.409 e. The summed E-state index contributed by atoms with van der Waals surface area (Å²) in [6, 6.07) is 4.96. The van der Waals surface area contributed by atoms with Crippen LogP contribution in [-0.2, 0) is 4.74 Å². The number of carbonyl (C=O) groups excluding carboxylic acids is 1. The number of carboxylic acid groups (broad SMARTS) is 1. The molecule has 1 N–H and O–H groups in total. The van der Waals surface area contributed by atoms with Crippen LogP contribution in [0.25, 0.3) is 0 Å². The van der Waals surface area contributed by atoms with E-state index >= 15 is 0 Å². The van der Waals surface area contributed by atoms with Crippen molar-refractivity contribution in [2.45, 2.75) is 6.92 Å². The quantitative estimate of drug-likeness (QED) is 0.900. The van der Waals surface area contributed by atoms with E-state index in [1.54, 1.807) is 30.0 Å². The number of amides is 1. The first-order valence-corrected chi connectivity index (χ1v) is 7.51. The maximum absolute atomic E-state index is 11.6. The van der Waals surface area contributed by atoms with Crippen LogP contribution in [0.15, 0.2) is 22.7 Å². The standard InChI is InChI=1S/C14H17BrN2O4/c1-2-21-14(20)17-7-5-16(6-8-17)12-4-3-10(13(18)19)9-11(12)15/h3-4,9H,2,5-8H2,1H3,(H,18,19). The number of ether oxygens (including phenoxy) is 1. The minimum absolute atomic E-state index is 0.246. The average Bonchev–Trinajstić information content (AvgIpc) is 2.47. The molecular weight excluding hydrogens is 340 g/mol. The third-order valence-corrected chi connectivity index (χ3v) is 3.98. The summed E-state index contributed by atoms with van der Waals surface area (Å²) >= 11 is 3.41. The highest BCUT2D eigenvalue weighted by Gasteiger charge is 2.23. The van der Waals surface area contributed by atoms with Crippen molar-refractivity contribution in [3.05, 3.63) is 28.2 Å². The molecule has 0 bridgehead atoms. The molecule has 0 atom stereocenters. The second-order valence-electron chi connectivity index (χ2n) is 4.64. The molecule has 21 heavy (non-hydrogen) atoms. The van der Waals surface area contributed by atoms with E-state index in [0.29, 0.717) is 32.8 Å². The molecule has 1 aliphatic rings. The third kappa shape index (κ3) is 3.66.